The summed E-state index contributed by atoms with van der Waals surface area (Å²) in [5.41, 5.74) is 0. The molecule has 0 radical (unpaired) electrons. The van der Waals surface area contributed by atoms with Gasteiger partial charge in [0, 0.05) is 33.2 Å². The molecule has 2 rings (SSSR count). The summed E-state index contributed by atoms with van der Waals surface area (Å²) in [4.78, 5) is 30.5. The standard InChI is InChI=1S/C12H20N6O3/c1-9(11(19)20)17-3-5-18(6-4-17)12(21)13-7-10-14-8-16(2)15-10/h8-9H,3-7H2,1-2H3,(H,13,21)(H,19,20). The molecule has 1 unspecified atom stereocenters. The Balaban J connectivity index is 1.76. The van der Waals surface area contributed by atoms with Crippen LogP contribution in [0, 0.1) is 0 Å². The van der Waals surface area contributed by atoms with Crippen LogP contribution in [0.4, 0.5) is 4.79 Å². The highest BCUT2D eigenvalue weighted by atomic mass is 16.4. The van der Waals surface area contributed by atoms with Gasteiger partial charge in [-0.05, 0) is 6.92 Å². The maximum absolute atomic E-state index is 12.0. The minimum atomic E-state index is -0.839. The van der Waals surface area contributed by atoms with E-state index in [0.29, 0.717) is 32.0 Å². The summed E-state index contributed by atoms with van der Waals surface area (Å²) in [5.74, 6) is -0.280. The molecule has 1 atom stereocenters. The van der Waals surface area contributed by atoms with E-state index in [-0.39, 0.29) is 12.6 Å². The Morgan fingerprint density at radius 1 is 1.38 bits per heavy atom. The van der Waals surface area contributed by atoms with Crippen LogP contribution in [0.2, 0.25) is 0 Å². The van der Waals surface area contributed by atoms with Crippen LogP contribution in [0.3, 0.4) is 0 Å². The molecule has 0 saturated carbocycles. The van der Waals surface area contributed by atoms with Crippen LogP contribution < -0.4 is 5.32 Å². The monoisotopic (exact) mass is 296 g/mol. The Morgan fingerprint density at radius 3 is 2.57 bits per heavy atom. The van der Waals surface area contributed by atoms with Gasteiger partial charge in [-0.3, -0.25) is 14.4 Å². The van der Waals surface area contributed by atoms with Crippen molar-refractivity contribution in [3.05, 3.63) is 12.2 Å². The summed E-state index contributed by atoms with van der Waals surface area (Å²) < 4.78 is 1.58. The van der Waals surface area contributed by atoms with E-state index in [4.69, 9.17) is 5.11 Å². The molecule has 1 saturated heterocycles. The average Bonchev–Trinajstić information content (AvgIpc) is 2.89. The van der Waals surface area contributed by atoms with E-state index in [1.165, 1.54) is 0 Å². The summed E-state index contributed by atoms with van der Waals surface area (Å²) in [5, 5.41) is 15.8. The van der Waals surface area contributed by atoms with Crippen molar-refractivity contribution in [1.29, 1.82) is 0 Å². The molecule has 21 heavy (non-hydrogen) atoms. The van der Waals surface area contributed by atoms with Crippen molar-refractivity contribution in [3.63, 3.8) is 0 Å². The lowest BCUT2D eigenvalue weighted by atomic mass is 10.2. The number of nitrogens with one attached hydrogen (secondary N) is 1. The number of rotatable bonds is 4. The van der Waals surface area contributed by atoms with Crippen LogP contribution >= 0.6 is 0 Å². The van der Waals surface area contributed by atoms with Gasteiger partial charge < -0.3 is 15.3 Å². The van der Waals surface area contributed by atoms with Crippen molar-refractivity contribution in [2.45, 2.75) is 19.5 Å². The van der Waals surface area contributed by atoms with Crippen molar-refractivity contribution in [2.24, 2.45) is 7.05 Å². The second kappa shape index (κ2) is 6.53. The quantitative estimate of drug-likeness (QED) is 0.747. The smallest absolute Gasteiger partial charge is 0.320 e. The van der Waals surface area contributed by atoms with E-state index in [1.54, 1.807) is 29.9 Å². The fraction of sp³-hybridized carbons (Fsp3) is 0.667. The van der Waals surface area contributed by atoms with Gasteiger partial charge in [-0.1, -0.05) is 0 Å². The summed E-state index contributed by atoms with van der Waals surface area (Å²) in [7, 11) is 1.77. The molecule has 0 spiro atoms. The number of carboxylic acid groups (broad SMARTS) is 1. The fourth-order valence-corrected chi connectivity index (χ4v) is 2.20. The third-order valence-corrected chi connectivity index (χ3v) is 3.55. The number of urea groups is 1. The van der Waals surface area contributed by atoms with Crippen molar-refractivity contribution >= 4 is 12.0 Å². The molecule has 1 aliphatic rings. The van der Waals surface area contributed by atoms with Gasteiger partial charge in [-0.15, -0.1) is 0 Å². The maximum Gasteiger partial charge on any atom is 0.320 e. The summed E-state index contributed by atoms with van der Waals surface area (Å²) in [6, 6.07) is -0.696. The number of amides is 2. The van der Waals surface area contributed by atoms with Gasteiger partial charge in [-0.2, -0.15) is 5.10 Å². The van der Waals surface area contributed by atoms with Gasteiger partial charge in [0.15, 0.2) is 5.82 Å². The molecular formula is C12H20N6O3. The Hall–Kier alpha value is -2.16. The second-order valence-corrected chi connectivity index (χ2v) is 5.03. The molecule has 9 nitrogen and oxygen atoms in total. The molecule has 2 N–H and O–H groups in total. The number of nitrogens with zero attached hydrogens (tertiary/aromatic N) is 5. The highest BCUT2D eigenvalue weighted by Crippen LogP contribution is 2.06. The molecule has 1 fully saturated rings. The lowest BCUT2D eigenvalue weighted by Gasteiger charge is -2.36. The number of hydrogen-bond donors (Lipinski definition) is 2. The van der Waals surface area contributed by atoms with Gasteiger partial charge in [0.1, 0.15) is 12.4 Å². The topological polar surface area (TPSA) is 104 Å². The summed E-state index contributed by atoms with van der Waals surface area (Å²) >= 11 is 0. The van der Waals surface area contributed by atoms with Crippen LogP contribution in [0.5, 0.6) is 0 Å². The van der Waals surface area contributed by atoms with Crippen molar-refractivity contribution < 1.29 is 14.7 Å². The number of aliphatic carboxylic acids is 1. The predicted molar refractivity (Wildman–Crippen MR) is 73.5 cm³/mol. The van der Waals surface area contributed by atoms with E-state index >= 15 is 0 Å². The lowest BCUT2D eigenvalue weighted by molar-refractivity contribution is -0.143. The Bertz CT molecular complexity index is 509. The molecule has 0 aromatic carbocycles. The van der Waals surface area contributed by atoms with Crippen LogP contribution in [0.15, 0.2) is 6.33 Å². The fourth-order valence-electron chi connectivity index (χ4n) is 2.20. The molecule has 2 amide bonds. The zero-order valence-electron chi connectivity index (χ0n) is 12.2. The zero-order chi connectivity index (χ0) is 15.4. The first-order valence-electron chi connectivity index (χ1n) is 6.81. The highest BCUT2D eigenvalue weighted by molar-refractivity contribution is 5.74. The van der Waals surface area contributed by atoms with Gasteiger partial charge in [0.05, 0.1) is 6.54 Å². The van der Waals surface area contributed by atoms with Gasteiger partial charge in [0.25, 0.3) is 0 Å². The molecule has 0 aliphatic carbocycles. The number of carboxylic acids is 1. The van der Waals surface area contributed by atoms with E-state index in [0.717, 1.165) is 0 Å². The lowest BCUT2D eigenvalue weighted by Crippen LogP contribution is -2.55. The minimum absolute atomic E-state index is 0.176. The third-order valence-electron chi connectivity index (χ3n) is 3.55. The SMILES string of the molecule is CC(C(=O)O)N1CCN(C(=O)NCc2ncn(C)n2)CC1. The van der Waals surface area contributed by atoms with Crippen LogP contribution in [0.1, 0.15) is 12.7 Å². The van der Waals surface area contributed by atoms with E-state index in [9.17, 15) is 9.59 Å². The number of piperazine rings is 1. The minimum Gasteiger partial charge on any atom is -0.480 e. The second-order valence-electron chi connectivity index (χ2n) is 5.03. The summed E-state index contributed by atoms with van der Waals surface area (Å²) in [6.07, 6.45) is 1.58. The first kappa shape index (κ1) is 15.2. The molecular weight excluding hydrogens is 276 g/mol. The first-order chi connectivity index (χ1) is 9.97. The van der Waals surface area contributed by atoms with E-state index in [1.807, 2.05) is 4.90 Å². The average molecular weight is 296 g/mol. The number of aromatic nitrogens is 3. The largest absolute Gasteiger partial charge is 0.480 e. The van der Waals surface area contributed by atoms with Crippen LogP contribution in [0.25, 0.3) is 0 Å². The normalized spacial score (nSPS) is 17.5. The van der Waals surface area contributed by atoms with Crippen LogP contribution in [-0.2, 0) is 18.4 Å². The number of carbonyl (C=O) groups excluding carboxylic acids is 1. The number of carbonyl (C=O) groups is 2. The molecule has 2 heterocycles. The zero-order valence-corrected chi connectivity index (χ0v) is 12.2. The third kappa shape index (κ3) is 3.91. The van der Waals surface area contributed by atoms with E-state index < -0.39 is 12.0 Å². The highest BCUT2D eigenvalue weighted by Gasteiger charge is 2.27. The molecule has 1 aliphatic heterocycles. The molecule has 1 aromatic heterocycles. The Kier molecular flexibility index (Phi) is 4.73. The number of aryl methyl sites for hydroxylation is 1. The van der Waals surface area contributed by atoms with Crippen molar-refractivity contribution in [1.82, 2.24) is 29.9 Å². The molecule has 1 aromatic rings. The van der Waals surface area contributed by atoms with Gasteiger partial charge >= 0.3 is 12.0 Å². The summed E-state index contributed by atoms with van der Waals surface area (Å²) in [6.45, 7) is 4.08. The predicted octanol–water partition coefficient (Wildman–Crippen LogP) is -0.885. The molecule has 116 valence electrons. The van der Waals surface area contributed by atoms with Gasteiger partial charge in [0.2, 0.25) is 0 Å². The van der Waals surface area contributed by atoms with Gasteiger partial charge in [-0.25, -0.2) is 9.78 Å². The Morgan fingerprint density at radius 2 is 2.05 bits per heavy atom. The van der Waals surface area contributed by atoms with Crippen molar-refractivity contribution in [3.8, 4) is 0 Å². The van der Waals surface area contributed by atoms with Crippen LogP contribution in [-0.4, -0.2) is 73.9 Å². The van der Waals surface area contributed by atoms with E-state index in [2.05, 4.69) is 15.4 Å². The maximum atomic E-state index is 12.0. The molecule has 0 bridgehead atoms. The first-order valence-corrected chi connectivity index (χ1v) is 6.81. The molecule has 9 heteroatoms. The van der Waals surface area contributed by atoms with Crippen molar-refractivity contribution in [2.75, 3.05) is 26.2 Å². The number of hydrogen-bond acceptors (Lipinski definition) is 5. The Labute approximate surface area is 122 Å².